The largest absolute Gasteiger partial charge is 0.368 e. The summed E-state index contributed by atoms with van der Waals surface area (Å²) in [6.07, 6.45) is 2.51. The van der Waals surface area contributed by atoms with Crippen LogP contribution in [0.3, 0.4) is 0 Å². The number of hydrogen-bond donors (Lipinski definition) is 1. The van der Waals surface area contributed by atoms with Gasteiger partial charge in [0.05, 0.1) is 18.7 Å². The fraction of sp³-hybridized carbons (Fsp3) is 0.267. The Hall–Kier alpha value is -2.63. The van der Waals surface area contributed by atoms with Crippen molar-refractivity contribution in [2.24, 2.45) is 5.73 Å². The van der Waals surface area contributed by atoms with Gasteiger partial charge in [0.1, 0.15) is 6.61 Å². The lowest BCUT2D eigenvalue weighted by molar-refractivity contribution is -0.122. The van der Waals surface area contributed by atoms with Gasteiger partial charge in [-0.05, 0) is 29.7 Å². The molecule has 20 heavy (non-hydrogen) atoms. The van der Waals surface area contributed by atoms with Gasteiger partial charge in [0.2, 0.25) is 5.91 Å². The van der Waals surface area contributed by atoms with Crippen molar-refractivity contribution in [3.8, 4) is 12.1 Å². The van der Waals surface area contributed by atoms with Crippen molar-refractivity contribution in [2.75, 3.05) is 6.61 Å². The summed E-state index contributed by atoms with van der Waals surface area (Å²) in [7, 11) is 0. The molecule has 0 aliphatic carbocycles. The normalized spacial score (nSPS) is 10.6. The van der Waals surface area contributed by atoms with Gasteiger partial charge < -0.3 is 10.5 Å². The van der Waals surface area contributed by atoms with Crippen LogP contribution in [-0.4, -0.2) is 12.5 Å². The molecule has 1 rings (SSSR count). The number of carbonyl (C=O) groups is 1. The molecule has 0 aliphatic heterocycles. The molecule has 0 fully saturated rings. The highest BCUT2D eigenvalue weighted by atomic mass is 16.5. The van der Waals surface area contributed by atoms with Crippen LogP contribution in [0.25, 0.3) is 6.08 Å². The maximum atomic E-state index is 10.6. The van der Waals surface area contributed by atoms with E-state index in [0.29, 0.717) is 18.4 Å². The number of primary amides is 1. The van der Waals surface area contributed by atoms with Crippen LogP contribution in [-0.2, 0) is 16.1 Å². The number of allylic oxidation sites excluding steroid dienone is 1. The average Bonchev–Trinajstić information content (AvgIpc) is 2.43. The van der Waals surface area contributed by atoms with Crippen molar-refractivity contribution >= 4 is 12.0 Å². The Bertz CT molecular complexity index is 580. The van der Waals surface area contributed by atoms with Crippen LogP contribution in [0.15, 0.2) is 29.8 Å². The topological polar surface area (TPSA) is 99.9 Å². The third-order valence-electron chi connectivity index (χ3n) is 2.45. The van der Waals surface area contributed by atoms with Gasteiger partial charge in [-0.25, -0.2) is 0 Å². The highest BCUT2D eigenvalue weighted by Crippen LogP contribution is 2.13. The number of ether oxygens (including phenoxy) is 1. The van der Waals surface area contributed by atoms with E-state index in [2.05, 4.69) is 6.07 Å². The molecule has 0 saturated carbocycles. The fourth-order valence-electron chi connectivity index (χ4n) is 1.59. The number of amides is 1. The van der Waals surface area contributed by atoms with Crippen LogP contribution >= 0.6 is 0 Å². The first-order valence-corrected chi connectivity index (χ1v) is 6.08. The summed E-state index contributed by atoms with van der Waals surface area (Å²) in [5.74, 6) is -0.510. The van der Waals surface area contributed by atoms with E-state index in [1.807, 2.05) is 30.3 Å². The molecule has 0 spiro atoms. The summed E-state index contributed by atoms with van der Waals surface area (Å²) in [6, 6.07) is 11.5. The molecule has 0 atom stereocenters. The van der Waals surface area contributed by atoms with E-state index >= 15 is 0 Å². The number of benzene rings is 1. The van der Waals surface area contributed by atoms with E-state index in [-0.39, 0.29) is 13.2 Å². The van der Waals surface area contributed by atoms with E-state index in [9.17, 15) is 4.79 Å². The van der Waals surface area contributed by atoms with Gasteiger partial charge in [-0.3, -0.25) is 4.79 Å². The predicted octanol–water partition coefficient (Wildman–Crippen LogP) is 1.90. The summed E-state index contributed by atoms with van der Waals surface area (Å²) in [4.78, 5) is 10.6. The van der Waals surface area contributed by atoms with E-state index < -0.39 is 5.91 Å². The molecule has 0 radical (unpaired) electrons. The van der Waals surface area contributed by atoms with Crippen LogP contribution in [0.4, 0.5) is 0 Å². The molecule has 5 nitrogen and oxygen atoms in total. The maximum Gasteiger partial charge on any atom is 0.243 e. The molecule has 1 amide bonds. The van der Waals surface area contributed by atoms with E-state index in [4.69, 9.17) is 21.0 Å². The maximum absolute atomic E-state index is 10.6. The molecule has 0 bridgehead atoms. The highest BCUT2D eigenvalue weighted by molar-refractivity contribution is 5.74. The molecule has 0 unspecified atom stereocenters. The second kappa shape index (κ2) is 8.47. The predicted molar refractivity (Wildman–Crippen MR) is 73.7 cm³/mol. The van der Waals surface area contributed by atoms with E-state index in [1.165, 1.54) is 0 Å². The quantitative estimate of drug-likeness (QED) is 0.764. The molecule has 102 valence electrons. The monoisotopic (exact) mass is 269 g/mol. The number of nitriles is 2. The molecule has 1 aromatic rings. The molecule has 0 saturated heterocycles. The Kier molecular flexibility index (Phi) is 6.53. The number of nitrogens with zero attached hydrogens (tertiary/aromatic N) is 2. The Morgan fingerprint density at radius 1 is 1.40 bits per heavy atom. The van der Waals surface area contributed by atoms with Crippen LogP contribution in [0.5, 0.6) is 0 Å². The zero-order chi connectivity index (χ0) is 14.8. The van der Waals surface area contributed by atoms with Gasteiger partial charge in [-0.15, -0.1) is 0 Å². The molecule has 0 aromatic heterocycles. The van der Waals surface area contributed by atoms with E-state index in [0.717, 1.165) is 11.1 Å². The Morgan fingerprint density at radius 2 is 2.20 bits per heavy atom. The fourth-order valence-corrected chi connectivity index (χ4v) is 1.59. The van der Waals surface area contributed by atoms with E-state index in [1.54, 1.807) is 6.08 Å². The molecule has 0 aliphatic rings. The second-order valence-corrected chi connectivity index (χ2v) is 4.14. The zero-order valence-corrected chi connectivity index (χ0v) is 11.0. The molecule has 0 heterocycles. The third kappa shape index (κ3) is 5.81. The molecular formula is C15H15N3O2. The van der Waals surface area contributed by atoms with Crippen LogP contribution in [0.1, 0.15) is 24.0 Å². The summed E-state index contributed by atoms with van der Waals surface area (Å²) in [5, 5.41) is 17.5. The van der Waals surface area contributed by atoms with Gasteiger partial charge >= 0.3 is 0 Å². The van der Waals surface area contributed by atoms with Crippen molar-refractivity contribution in [1.29, 1.82) is 10.5 Å². The Morgan fingerprint density at radius 3 is 2.85 bits per heavy atom. The lowest BCUT2D eigenvalue weighted by Gasteiger charge is -2.03. The Balaban J connectivity index is 2.72. The summed E-state index contributed by atoms with van der Waals surface area (Å²) in [6.45, 7) is 0.163. The lowest BCUT2D eigenvalue weighted by atomic mass is 10.1. The average molecular weight is 269 g/mol. The minimum Gasteiger partial charge on any atom is -0.368 e. The molecule has 2 N–H and O–H groups in total. The molecule has 1 aromatic carbocycles. The smallest absolute Gasteiger partial charge is 0.243 e. The Labute approximate surface area is 117 Å². The van der Waals surface area contributed by atoms with Gasteiger partial charge in [0.25, 0.3) is 0 Å². The summed E-state index contributed by atoms with van der Waals surface area (Å²) in [5.41, 5.74) is 7.29. The van der Waals surface area contributed by atoms with Gasteiger partial charge in [0, 0.05) is 12.0 Å². The van der Waals surface area contributed by atoms with Crippen molar-refractivity contribution in [3.63, 3.8) is 0 Å². The number of nitrogens with two attached hydrogens (primary N) is 1. The van der Waals surface area contributed by atoms with Crippen molar-refractivity contribution < 1.29 is 9.53 Å². The first-order valence-electron chi connectivity index (χ1n) is 6.08. The van der Waals surface area contributed by atoms with Crippen molar-refractivity contribution in [2.45, 2.75) is 19.4 Å². The van der Waals surface area contributed by atoms with Crippen LogP contribution < -0.4 is 5.73 Å². The first-order chi connectivity index (χ1) is 9.65. The second-order valence-electron chi connectivity index (χ2n) is 4.14. The summed E-state index contributed by atoms with van der Waals surface area (Å²) >= 11 is 0. The third-order valence-corrected chi connectivity index (χ3v) is 2.45. The molecular weight excluding hydrogens is 254 g/mol. The van der Waals surface area contributed by atoms with Crippen molar-refractivity contribution in [3.05, 3.63) is 41.0 Å². The van der Waals surface area contributed by atoms with Crippen LogP contribution in [0.2, 0.25) is 0 Å². The lowest BCUT2D eigenvalue weighted by Crippen LogP contribution is -2.17. The highest BCUT2D eigenvalue weighted by Gasteiger charge is 2.00. The zero-order valence-electron chi connectivity index (χ0n) is 11.0. The van der Waals surface area contributed by atoms with Crippen LogP contribution in [0, 0.1) is 22.7 Å². The first kappa shape index (κ1) is 15.4. The number of carbonyl (C=O) groups excluding carboxylic acids is 1. The standard InChI is InChI=1S/C15H15N3O2/c16-6-2-5-13(9-17)7-12-3-1-4-14(8-12)10-20-11-15(18)19/h1,3-4,7-8H,2,5,10-11H2,(H2,18,19)/b13-7+. The summed E-state index contributed by atoms with van der Waals surface area (Å²) < 4.78 is 5.13. The number of rotatable bonds is 7. The number of hydrogen-bond acceptors (Lipinski definition) is 4. The van der Waals surface area contributed by atoms with Gasteiger partial charge in [0.15, 0.2) is 0 Å². The minimum absolute atomic E-state index is 0.119. The van der Waals surface area contributed by atoms with Crippen molar-refractivity contribution in [1.82, 2.24) is 0 Å². The SMILES string of the molecule is N#CCC/C(C#N)=C\c1cccc(COCC(N)=O)c1. The van der Waals surface area contributed by atoms with Gasteiger partial charge in [-0.1, -0.05) is 18.2 Å². The van der Waals surface area contributed by atoms with Gasteiger partial charge in [-0.2, -0.15) is 10.5 Å². The molecule has 5 heteroatoms. The minimum atomic E-state index is -0.510.